The van der Waals surface area contributed by atoms with E-state index < -0.39 is 0 Å². The van der Waals surface area contributed by atoms with Crippen molar-refractivity contribution in [2.45, 2.75) is 6.42 Å². The second-order valence-electron chi connectivity index (χ2n) is 6.06. The highest BCUT2D eigenvalue weighted by atomic mass is 16.5. The molecule has 1 aromatic heterocycles. The van der Waals surface area contributed by atoms with Crippen LogP contribution in [-0.4, -0.2) is 10.9 Å². The fourth-order valence-electron chi connectivity index (χ4n) is 2.83. The first kappa shape index (κ1) is 16.0. The number of nitrogens with one attached hydrogen (secondary N) is 2. The van der Waals surface area contributed by atoms with Crippen molar-refractivity contribution >= 4 is 22.5 Å². The largest absolute Gasteiger partial charge is 0.457 e. The van der Waals surface area contributed by atoms with Crippen molar-refractivity contribution in [3.05, 3.63) is 90.6 Å². The lowest BCUT2D eigenvalue weighted by Crippen LogP contribution is -2.14. The minimum Gasteiger partial charge on any atom is -0.457 e. The molecule has 0 radical (unpaired) electrons. The van der Waals surface area contributed by atoms with Gasteiger partial charge in [0.15, 0.2) is 0 Å². The van der Waals surface area contributed by atoms with Crippen LogP contribution >= 0.6 is 0 Å². The summed E-state index contributed by atoms with van der Waals surface area (Å²) in [5, 5.41) is 4.06. The number of H-pyrrole nitrogens is 1. The van der Waals surface area contributed by atoms with Crippen molar-refractivity contribution in [2.24, 2.45) is 0 Å². The van der Waals surface area contributed by atoms with Crippen LogP contribution in [0, 0.1) is 0 Å². The summed E-state index contributed by atoms with van der Waals surface area (Å²) in [6.45, 7) is 0. The zero-order valence-electron chi connectivity index (χ0n) is 14.1. The van der Waals surface area contributed by atoms with Gasteiger partial charge >= 0.3 is 0 Å². The summed E-state index contributed by atoms with van der Waals surface area (Å²) in [6, 6.07) is 25.0. The lowest BCUT2D eigenvalue weighted by molar-refractivity contribution is -0.115. The molecule has 4 heteroatoms. The molecular weight excluding hydrogens is 324 g/mol. The van der Waals surface area contributed by atoms with Gasteiger partial charge in [0.1, 0.15) is 11.5 Å². The number of hydrogen-bond acceptors (Lipinski definition) is 2. The molecule has 0 aliphatic carbocycles. The molecule has 4 nitrogen and oxygen atoms in total. The monoisotopic (exact) mass is 342 g/mol. The van der Waals surface area contributed by atoms with Crippen LogP contribution in [0.5, 0.6) is 11.5 Å². The zero-order chi connectivity index (χ0) is 17.8. The molecule has 0 fully saturated rings. The molecule has 0 aliphatic rings. The van der Waals surface area contributed by atoms with E-state index in [1.807, 2.05) is 85.1 Å². The van der Waals surface area contributed by atoms with Crippen LogP contribution in [-0.2, 0) is 11.2 Å². The van der Waals surface area contributed by atoms with E-state index in [1.165, 1.54) is 0 Å². The van der Waals surface area contributed by atoms with Crippen LogP contribution in [0.25, 0.3) is 10.9 Å². The molecule has 0 saturated carbocycles. The average molecular weight is 342 g/mol. The molecule has 0 unspecified atom stereocenters. The first-order chi connectivity index (χ1) is 12.8. The van der Waals surface area contributed by atoms with E-state index in [-0.39, 0.29) is 5.91 Å². The molecule has 4 rings (SSSR count). The van der Waals surface area contributed by atoms with Gasteiger partial charge in [-0.05, 0) is 59.5 Å². The quantitative estimate of drug-likeness (QED) is 0.527. The maximum absolute atomic E-state index is 12.3. The Labute approximate surface area is 151 Å². The summed E-state index contributed by atoms with van der Waals surface area (Å²) >= 11 is 0. The van der Waals surface area contributed by atoms with E-state index >= 15 is 0 Å². The summed E-state index contributed by atoms with van der Waals surface area (Å²) < 4.78 is 5.75. The number of ether oxygens (including phenoxy) is 1. The molecule has 0 spiro atoms. The lowest BCUT2D eigenvalue weighted by atomic mass is 10.1. The predicted octanol–water partition coefficient (Wildman–Crippen LogP) is 5.14. The van der Waals surface area contributed by atoms with Crippen LogP contribution in [0.4, 0.5) is 5.69 Å². The molecule has 2 N–H and O–H groups in total. The molecule has 26 heavy (non-hydrogen) atoms. The highest BCUT2D eigenvalue weighted by molar-refractivity contribution is 5.93. The molecule has 1 amide bonds. The Kier molecular flexibility index (Phi) is 4.39. The van der Waals surface area contributed by atoms with E-state index in [1.54, 1.807) is 0 Å². The maximum Gasteiger partial charge on any atom is 0.228 e. The number of carbonyl (C=O) groups excluding carboxylic acids is 1. The number of anilines is 1. The summed E-state index contributed by atoms with van der Waals surface area (Å²) in [7, 11) is 0. The van der Waals surface area contributed by atoms with Gasteiger partial charge in [-0.25, -0.2) is 0 Å². The van der Waals surface area contributed by atoms with Crippen LogP contribution in [0.15, 0.2) is 85.1 Å². The number of hydrogen-bond donors (Lipinski definition) is 2. The first-order valence-corrected chi connectivity index (χ1v) is 8.45. The fourth-order valence-corrected chi connectivity index (χ4v) is 2.83. The van der Waals surface area contributed by atoms with Crippen molar-refractivity contribution in [3.8, 4) is 11.5 Å². The standard InChI is InChI=1S/C22H18N2O2/c25-22(15-16-6-7-17-12-13-23-21(17)14-16)24-18-8-10-20(11-9-18)26-19-4-2-1-3-5-19/h1-14,23H,15H2,(H,24,25). The van der Waals surface area contributed by atoms with E-state index in [4.69, 9.17) is 4.74 Å². The van der Waals surface area contributed by atoms with Gasteiger partial charge in [0.05, 0.1) is 6.42 Å². The van der Waals surface area contributed by atoms with Crippen molar-refractivity contribution in [2.75, 3.05) is 5.32 Å². The molecular formula is C22H18N2O2. The zero-order valence-corrected chi connectivity index (χ0v) is 14.1. The fraction of sp³-hybridized carbons (Fsp3) is 0.0455. The minimum absolute atomic E-state index is 0.0485. The van der Waals surface area contributed by atoms with Gasteiger partial charge in [-0.2, -0.15) is 0 Å². The number of aromatic amines is 1. The summed E-state index contributed by atoms with van der Waals surface area (Å²) in [5.74, 6) is 1.46. The second-order valence-corrected chi connectivity index (χ2v) is 6.06. The predicted molar refractivity (Wildman–Crippen MR) is 104 cm³/mol. The number of fused-ring (bicyclic) bond motifs is 1. The van der Waals surface area contributed by atoms with Gasteiger partial charge in [0.25, 0.3) is 0 Å². The summed E-state index contributed by atoms with van der Waals surface area (Å²) in [6.07, 6.45) is 2.23. The number of aromatic nitrogens is 1. The number of amides is 1. The van der Waals surface area contributed by atoms with E-state index in [9.17, 15) is 4.79 Å². The molecule has 128 valence electrons. The smallest absolute Gasteiger partial charge is 0.228 e. The highest BCUT2D eigenvalue weighted by Gasteiger charge is 2.06. The molecule has 0 aliphatic heterocycles. The van der Waals surface area contributed by atoms with E-state index in [2.05, 4.69) is 10.3 Å². The van der Waals surface area contributed by atoms with Crippen LogP contribution in [0.3, 0.4) is 0 Å². The van der Waals surface area contributed by atoms with Crippen molar-refractivity contribution in [1.29, 1.82) is 0 Å². The maximum atomic E-state index is 12.3. The first-order valence-electron chi connectivity index (χ1n) is 8.45. The molecule has 3 aromatic carbocycles. The van der Waals surface area contributed by atoms with Crippen molar-refractivity contribution < 1.29 is 9.53 Å². The Morgan fingerprint density at radius 2 is 1.65 bits per heavy atom. The third-order valence-corrected chi connectivity index (χ3v) is 4.10. The normalized spacial score (nSPS) is 10.6. The highest BCUT2D eigenvalue weighted by Crippen LogP contribution is 2.23. The molecule has 0 bridgehead atoms. The molecule has 0 saturated heterocycles. The topological polar surface area (TPSA) is 54.1 Å². The summed E-state index contributed by atoms with van der Waals surface area (Å²) in [4.78, 5) is 15.4. The van der Waals surface area contributed by atoms with Crippen molar-refractivity contribution in [3.63, 3.8) is 0 Å². The number of para-hydroxylation sites is 1. The third-order valence-electron chi connectivity index (χ3n) is 4.10. The summed E-state index contributed by atoms with van der Waals surface area (Å²) in [5.41, 5.74) is 2.76. The molecule has 0 atom stereocenters. The Morgan fingerprint density at radius 3 is 2.46 bits per heavy atom. The SMILES string of the molecule is O=C(Cc1ccc2cc[nH]c2c1)Nc1ccc(Oc2ccccc2)cc1. The van der Waals surface area contributed by atoms with E-state index in [0.29, 0.717) is 6.42 Å². The van der Waals surface area contributed by atoms with Crippen molar-refractivity contribution in [1.82, 2.24) is 4.98 Å². The Morgan fingerprint density at radius 1 is 0.885 bits per heavy atom. The van der Waals surface area contributed by atoms with Gasteiger partial charge in [-0.3, -0.25) is 4.79 Å². The average Bonchev–Trinajstić information content (AvgIpc) is 3.12. The number of rotatable bonds is 5. The number of benzene rings is 3. The Balaban J connectivity index is 1.38. The number of carbonyl (C=O) groups is 1. The van der Waals surface area contributed by atoms with Gasteiger partial charge in [0, 0.05) is 17.4 Å². The molecule has 4 aromatic rings. The Bertz CT molecular complexity index is 1020. The Hall–Kier alpha value is -3.53. The van der Waals surface area contributed by atoms with Gasteiger partial charge < -0.3 is 15.0 Å². The van der Waals surface area contributed by atoms with E-state index in [0.717, 1.165) is 33.7 Å². The van der Waals surface area contributed by atoms with Gasteiger partial charge in [0.2, 0.25) is 5.91 Å². The lowest BCUT2D eigenvalue weighted by Gasteiger charge is -2.08. The third kappa shape index (κ3) is 3.75. The molecule has 1 heterocycles. The second kappa shape index (κ2) is 7.15. The van der Waals surface area contributed by atoms with Gasteiger partial charge in [-0.1, -0.05) is 30.3 Å². The minimum atomic E-state index is -0.0485. The van der Waals surface area contributed by atoms with Gasteiger partial charge in [-0.15, -0.1) is 0 Å². The van der Waals surface area contributed by atoms with Crippen LogP contribution < -0.4 is 10.1 Å². The van der Waals surface area contributed by atoms with Crippen LogP contribution in [0.1, 0.15) is 5.56 Å². The van der Waals surface area contributed by atoms with Crippen LogP contribution in [0.2, 0.25) is 0 Å².